The van der Waals surface area contributed by atoms with E-state index < -0.39 is 39.2 Å². The van der Waals surface area contributed by atoms with Crippen molar-refractivity contribution in [2.24, 2.45) is 28.6 Å². The number of hydrogen-bond acceptors (Lipinski definition) is 9. The number of carboxylic acid groups (broad SMARTS) is 1. The highest BCUT2D eigenvalue weighted by Gasteiger charge is 2.50. The third-order valence-corrected chi connectivity index (χ3v) is 41.7. The number of carbonyl (C=O) groups excluding carboxylic acids is 1. The first kappa shape index (κ1) is 74.5. The van der Waals surface area contributed by atoms with Gasteiger partial charge in [0, 0.05) is 12.8 Å². The molecular formula is C74H126O10Si4. The lowest BCUT2D eigenvalue weighted by atomic mass is 9.63. The lowest BCUT2D eigenvalue weighted by molar-refractivity contribution is -0.150. The number of fused-ring (bicyclic) bond motifs is 2. The molecular weight excluding hydrogens is 1160 g/mol. The number of rotatable bonds is 20. The van der Waals surface area contributed by atoms with Crippen LogP contribution in [0.25, 0.3) is 0 Å². The average Bonchev–Trinajstić information content (AvgIpc) is 1.57. The van der Waals surface area contributed by atoms with Crippen molar-refractivity contribution in [1.29, 1.82) is 0 Å². The fraction of sp³-hybridized carbons (Fsp3) is 0.757. The zero-order chi connectivity index (χ0) is 66.2. The van der Waals surface area contributed by atoms with Crippen molar-refractivity contribution < 1.29 is 46.6 Å². The summed E-state index contributed by atoms with van der Waals surface area (Å²) in [6, 6.07) is 0. The normalized spacial score (nSPS) is 30.4. The molecule has 0 spiro atoms. The maximum Gasteiger partial charge on any atom is 0.332 e. The van der Waals surface area contributed by atoms with Gasteiger partial charge in [-0.1, -0.05) is 158 Å². The molecule has 7 aliphatic rings. The minimum absolute atomic E-state index is 0.00599. The number of allylic oxidation sites excluding steroid dienone is 8. The SMILES string of the molecule is C=C1C(=CC=C2CCC[C@]3(C)C([C@H](C)OCC(=O)O)=CCC23)C[C@@H](O[Si](C)(C)C(C)(C)C)C[C@@H]1O[Si](C)(C)C(C)(C)C.C=C1C(=CC=C2CCC[C@]3(C)C([C@H](C)OCC(=O)OCC4CC4)=CC[C@@H]23)C[C@@H](O[Si](C)(C)C(C)(C)C)C[C@@H]1O[Si](C)(C)C(C)(C)C. The van der Waals surface area contributed by atoms with E-state index in [9.17, 15) is 9.59 Å². The Labute approximate surface area is 541 Å². The highest BCUT2D eigenvalue weighted by atomic mass is 28.4. The third kappa shape index (κ3) is 18.0. The number of hydrogen-bond donors (Lipinski definition) is 1. The summed E-state index contributed by atoms with van der Waals surface area (Å²) in [4.78, 5) is 23.4. The Kier molecular flexibility index (Phi) is 23.9. The van der Waals surface area contributed by atoms with Crippen LogP contribution in [0.3, 0.4) is 0 Å². The summed E-state index contributed by atoms with van der Waals surface area (Å²) >= 11 is 0. The van der Waals surface area contributed by atoms with Crippen LogP contribution in [0.2, 0.25) is 72.5 Å². The van der Waals surface area contributed by atoms with Gasteiger partial charge in [-0.3, -0.25) is 0 Å². The molecule has 88 heavy (non-hydrogen) atoms. The van der Waals surface area contributed by atoms with Gasteiger partial charge < -0.3 is 37.0 Å². The second-order valence-electron chi connectivity index (χ2n) is 34.4. The maximum absolute atomic E-state index is 12.3. The summed E-state index contributed by atoms with van der Waals surface area (Å²) < 4.78 is 45.4. The number of esters is 1. The fourth-order valence-electron chi connectivity index (χ4n) is 13.6. The van der Waals surface area contributed by atoms with Crippen LogP contribution < -0.4 is 0 Å². The lowest BCUT2D eigenvalue weighted by Gasteiger charge is -2.45. The van der Waals surface area contributed by atoms with E-state index in [4.69, 9.17) is 37.0 Å². The number of ether oxygens (including phenoxy) is 3. The molecule has 7 rings (SSSR count). The quantitative estimate of drug-likeness (QED) is 0.0717. The predicted octanol–water partition coefficient (Wildman–Crippen LogP) is 20.1. The van der Waals surface area contributed by atoms with Crippen molar-refractivity contribution in [2.45, 2.75) is 310 Å². The third-order valence-electron chi connectivity index (χ3n) is 23.7. The fourth-order valence-corrected chi connectivity index (χ4v) is 18.9. The smallest absolute Gasteiger partial charge is 0.332 e. The molecule has 14 heteroatoms. The van der Waals surface area contributed by atoms with E-state index in [0.29, 0.717) is 24.4 Å². The molecule has 0 radical (unpaired) electrons. The summed E-state index contributed by atoms with van der Waals surface area (Å²) in [7, 11) is -7.93. The molecule has 0 bridgehead atoms. The van der Waals surface area contributed by atoms with Crippen LogP contribution in [-0.4, -0.2) is 107 Å². The van der Waals surface area contributed by atoms with Crippen molar-refractivity contribution in [1.82, 2.24) is 0 Å². The Morgan fingerprint density at radius 1 is 0.580 bits per heavy atom. The molecule has 0 aromatic rings. The van der Waals surface area contributed by atoms with Crippen molar-refractivity contribution in [3.63, 3.8) is 0 Å². The Hall–Kier alpha value is -2.51. The Morgan fingerprint density at radius 3 is 1.27 bits per heavy atom. The van der Waals surface area contributed by atoms with E-state index in [0.717, 1.165) is 88.2 Å². The second kappa shape index (κ2) is 28.2. The molecule has 7 aliphatic carbocycles. The number of carbonyl (C=O) groups is 2. The van der Waals surface area contributed by atoms with E-state index in [1.165, 1.54) is 46.3 Å². The van der Waals surface area contributed by atoms with E-state index in [-0.39, 0.29) is 86.8 Å². The van der Waals surface area contributed by atoms with Gasteiger partial charge in [0.05, 0.1) is 43.2 Å². The van der Waals surface area contributed by atoms with Gasteiger partial charge in [-0.05, 0) is 225 Å². The topological polar surface area (TPSA) is 119 Å². The minimum Gasteiger partial charge on any atom is -0.480 e. The first-order valence-corrected chi connectivity index (χ1v) is 45.8. The van der Waals surface area contributed by atoms with Gasteiger partial charge in [-0.25, -0.2) is 9.59 Å². The van der Waals surface area contributed by atoms with E-state index in [1.54, 1.807) is 0 Å². The molecule has 0 aliphatic heterocycles. The Balaban J connectivity index is 0.000000282. The van der Waals surface area contributed by atoms with Gasteiger partial charge in [0.25, 0.3) is 0 Å². The molecule has 5 fully saturated rings. The average molecular weight is 1290 g/mol. The van der Waals surface area contributed by atoms with Crippen molar-refractivity contribution in [2.75, 3.05) is 19.8 Å². The second-order valence-corrected chi connectivity index (χ2v) is 53.4. The van der Waals surface area contributed by atoms with Crippen LogP contribution in [0.1, 0.15) is 201 Å². The molecule has 0 saturated heterocycles. The maximum atomic E-state index is 12.3. The van der Waals surface area contributed by atoms with Crippen LogP contribution in [0.4, 0.5) is 0 Å². The molecule has 5 saturated carbocycles. The summed E-state index contributed by atoms with van der Waals surface area (Å²) in [5.41, 5.74) is 10.5. The molecule has 10 nitrogen and oxygen atoms in total. The lowest BCUT2D eigenvalue weighted by Crippen LogP contribution is -2.49. The van der Waals surface area contributed by atoms with Crippen molar-refractivity contribution >= 4 is 45.2 Å². The number of carboxylic acids is 1. The van der Waals surface area contributed by atoms with Gasteiger partial charge in [-0.2, -0.15) is 0 Å². The summed E-state index contributed by atoms with van der Waals surface area (Å²) in [5, 5.41) is 9.67. The van der Waals surface area contributed by atoms with Gasteiger partial charge >= 0.3 is 11.9 Å². The summed E-state index contributed by atoms with van der Waals surface area (Å²) in [5.74, 6) is 0.283. The van der Waals surface area contributed by atoms with Crippen LogP contribution in [-0.2, 0) is 41.5 Å². The van der Waals surface area contributed by atoms with E-state index in [2.05, 4.69) is 206 Å². The monoisotopic (exact) mass is 1290 g/mol. The van der Waals surface area contributed by atoms with Crippen molar-refractivity contribution in [3.8, 4) is 0 Å². The highest BCUT2D eigenvalue weighted by molar-refractivity contribution is 6.75. The van der Waals surface area contributed by atoms with Crippen LogP contribution in [0, 0.1) is 28.6 Å². The molecule has 0 heterocycles. The van der Waals surface area contributed by atoms with Crippen LogP contribution in [0.5, 0.6) is 0 Å². The standard InChI is InChI=1S/C39H66O5Si2.C35H60O5Si2/c1-27-31(23-32(43-45(10,11)37(3,4)5)24-35(27)44-46(12,13)38(6,7)8)19-18-30-15-14-22-39(9)33(20-21-34(30)39)28(2)41-26-36(40)42-25-29-16-17-29;1-24-27(17-16-26-15-14-20-35(9)29(18-19-30(26)35)25(2)38-23-32(36)37)21-28(39-41(10,11)33(3,4)5)22-31(24)40-42(12,13)34(6,7)8/h18-20,28-29,32,34-35H,1,14-17,21-26H2,2-13H3;16-18,25,28,30-31H,1,14-15,19-23H2,2-13H3,(H,36,37)/t28-,32+,34-,35-,39+;25-,28+,30?,31-,35+/m00/s1. The Bertz CT molecular complexity index is 2710. The molecule has 0 aromatic carbocycles. The van der Waals surface area contributed by atoms with Crippen LogP contribution >= 0.6 is 0 Å². The predicted molar refractivity (Wildman–Crippen MR) is 376 cm³/mol. The Morgan fingerprint density at radius 2 is 0.932 bits per heavy atom. The first-order valence-electron chi connectivity index (χ1n) is 34.1. The zero-order valence-electron chi connectivity index (χ0n) is 60.2. The van der Waals surface area contributed by atoms with Crippen molar-refractivity contribution in [3.05, 3.63) is 94.2 Å². The summed E-state index contributed by atoms with van der Waals surface area (Å²) in [6.45, 7) is 64.9. The zero-order valence-corrected chi connectivity index (χ0v) is 64.2. The van der Waals surface area contributed by atoms with E-state index >= 15 is 0 Å². The molecule has 1 N–H and O–H groups in total. The molecule has 10 atom stereocenters. The molecule has 1 unspecified atom stereocenters. The summed E-state index contributed by atoms with van der Waals surface area (Å²) in [6.07, 6.45) is 28.7. The van der Waals surface area contributed by atoms with Gasteiger partial charge in [0.2, 0.25) is 0 Å². The largest absolute Gasteiger partial charge is 0.480 e. The van der Waals surface area contributed by atoms with Crippen LogP contribution in [0.15, 0.2) is 94.2 Å². The minimum atomic E-state index is -2.01. The molecule has 498 valence electrons. The first-order chi connectivity index (χ1) is 40.2. The van der Waals surface area contributed by atoms with Gasteiger partial charge in [0.15, 0.2) is 33.3 Å². The highest BCUT2D eigenvalue weighted by Crippen LogP contribution is 2.58. The molecule has 0 aromatic heterocycles. The van der Waals surface area contributed by atoms with Gasteiger partial charge in [0.1, 0.15) is 13.2 Å². The van der Waals surface area contributed by atoms with Gasteiger partial charge in [-0.15, -0.1) is 0 Å². The van der Waals surface area contributed by atoms with E-state index in [1.807, 2.05) is 6.92 Å². The number of aliphatic carboxylic acids is 1. The molecule has 0 amide bonds.